The minimum absolute atomic E-state index is 0.153. The fourth-order valence-corrected chi connectivity index (χ4v) is 2.91. The van der Waals surface area contributed by atoms with Gasteiger partial charge in [-0.3, -0.25) is 0 Å². The number of rotatable bonds is 0. The predicted octanol–water partition coefficient (Wildman–Crippen LogP) is 5.29. The number of fused-ring (bicyclic) bond motifs is 6. The fraction of sp³-hybridized carbons (Fsp3) is 0. The van der Waals surface area contributed by atoms with E-state index in [1.165, 1.54) is 11.5 Å². The van der Waals surface area contributed by atoms with Gasteiger partial charge in [0.2, 0.25) is 0 Å². The van der Waals surface area contributed by atoms with Crippen LogP contribution < -0.4 is 0 Å². The van der Waals surface area contributed by atoms with Gasteiger partial charge in [0.05, 0.1) is 0 Å². The summed E-state index contributed by atoms with van der Waals surface area (Å²) < 4.78 is 14.2. The molecule has 1 heteroatoms. The Kier molecular flexibility index (Phi) is 2.10. The summed E-state index contributed by atoms with van der Waals surface area (Å²) in [6.07, 6.45) is 0. The molecule has 0 radical (unpaired) electrons. The molecule has 0 aromatic heterocycles. The Morgan fingerprint density at radius 2 is 0.895 bits per heavy atom. The van der Waals surface area contributed by atoms with Crippen molar-refractivity contribution in [2.75, 3.05) is 0 Å². The number of benzene rings is 4. The van der Waals surface area contributed by atoms with Crippen LogP contribution in [0.4, 0.5) is 4.39 Å². The third-order valence-corrected chi connectivity index (χ3v) is 3.72. The average molecular weight is 246 g/mol. The number of hydrogen-bond donors (Lipinski definition) is 0. The Labute approximate surface area is 110 Å². The first-order valence-corrected chi connectivity index (χ1v) is 6.34. The molecule has 0 aliphatic heterocycles. The molecule has 0 nitrogen and oxygen atoms in total. The van der Waals surface area contributed by atoms with Gasteiger partial charge in [0.1, 0.15) is 5.82 Å². The number of hydrogen-bond acceptors (Lipinski definition) is 0. The van der Waals surface area contributed by atoms with Crippen molar-refractivity contribution in [1.29, 1.82) is 0 Å². The van der Waals surface area contributed by atoms with Crippen molar-refractivity contribution in [3.8, 4) is 0 Å². The first kappa shape index (κ1) is 10.5. The fourth-order valence-electron chi connectivity index (χ4n) is 2.91. The lowest BCUT2D eigenvalue weighted by atomic mass is 9.94. The highest BCUT2D eigenvalue weighted by Crippen LogP contribution is 2.35. The van der Waals surface area contributed by atoms with Crippen molar-refractivity contribution in [2.24, 2.45) is 0 Å². The van der Waals surface area contributed by atoms with Crippen LogP contribution in [0, 0.1) is 5.82 Å². The SMILES string of the molecule is Fc1cccc2c3ccccc3c3ccccc3c12. The molecule has 0 saturated carbocycles. The van der Waals surface area contributed by atoms with E-state index in [2.05, 4.69) is 18.2 Å². The molecular formula is C18H11F. The van der Waals surface area contributed by atoms with Crippen molar-refractivity contribution in [3.63, 3.8) is 0 Å². The third kappa shape index (κ3) is 1.39. The molecule has 4 aromatic rings. The van der Waals surface area contributed by atoms with E-state index in [1.807, 2.05) is 36.4 Å². The second-order valence-electron chi connectivity index (χ2n) is 4.75. The van der Waals surface area contributed by atoms with Crippen LogP contribution in [0.25, 0.3) is 32.3 Å². The van der Waals surface area contributed by atoms with E-state index in [0.717, 1.165) is 26.9 Å². The van der Waals surface area contributed by atoms with Gasteiger partial charge in [0.15, 0.2) is 0 Å². The molecule has 0 saturated heterocycles. The Morgan fingerprint density at radius 3 is 1.47 bits per heavy atom. The summed E-state index contributed by atoms with van der Waals surface area (Å²) in [6.45, 7) is 0. The summed E-state index contributed by atoms with van der Waals surface area (Å²) in [6, 6.07) is 21.5. The van der Waals surface area contributed by atoms with E-state index in [9.17, 15) is 4.39 Å². The Bertz CT molecular complexity index is 877. The molecule has 0 atom stereocenters. The monoisotopic (exact) mass is 246 g/mol. The first-order valence-electron chi connectivity index (χ1n) is 6.34. The second kappa shape index (κ2) is 3.79. The predicted molar refractivity (Wildman–Crippen MR) is 78.9 cm³/mol. The van der Waals surface area contributed by atoms with E-state index in [-0.39, 0.29) is 5.82 Å². The minimum atomic E-state index is -0.153. The van der Waals surface area contributed by atoms with E-state index in [0.29, 0.717) is 0 Å². The molecule has 19 heavy (non-hydrogen) atoms. The van der Waals surface area contributed by atoms with Gasteiger partial charge in [-0.25, -0.2) is 4.39 Å². The van der Waals surface area contributed by atoms with Gasteiger partial charge in [0, 0.05) is 5.39 Å². The maximum absolute atomic E-state index is 14.2. The molecule has 0 fully saturated rings. The molecule has 0 aliphatic carbocycles. The van der Waals surface area contributed by atoms with Gasteiger partial charge in [0.25, 0.3) is 0 Å². The highest BCUT2D eigenvalue weighted by molar-refractivity contribution is 6.25. The summed E-state index contributed by atoms with van der Waals surface area (Å²) >= 11 is 0. The molecular weight excluding hydrogens is 235 g/mol. The van der Waals surface area contributed by atoms with Crippen molar-refractivity contribution in [2.45, 2.75) is 0 Å². The van der Waals surface area contributed by atoms with Gasteiger partial charge < -0.3 is 0 Å². The van der Waals surface area contributed by atoms with Crippen LogP contribution >= 0.6 is 0 Å². The first-order chi connectivity index (χ1) is 9.36. The zero-order valence-electron chi connectivity index (χ0n) is 10.2. The highest BCUT2D eigenvalue weighted by Gasteiger charge is 2.10. The lowest BCUT2D eigenvalue weighted by Gasteiger charge is -2.10. The van der Waals surface area contributed by atoms with Gasteiger partial charge in [-0.15, -0.1) is 0 Å². The van der Waals surface area contributed by atoms with E-state index >= 15 is 0 Å². The summed E-state index contributed by atoms with van der Waals surface area (Å²) in [7, 11) is 0. The lowest BCUT2D eigenvalue weighted by Crippen LogP contribution is -1.85. The molecule has 0 aliphatic rings. The Balaban J connectivity index is 2.48. The van der Waals surface area contributed by atoms with Gasteiger partial charge >= 0.3 is 0 Å². The molecule has 0 unspecified atom stereocenters. The zero-order valence-corrected chi connectivity index (χ0v) is 10.2. The van der Waals surface area contributed by atoms with Gasteiger partial charge in [-0.2, -0.15) is 0 Å². The van der Waals surface area contributed by atoms with Crippen LogP contribution in [0.1, 0.15) is 0 Å². The second-order valence-corrected chi connectivity index (χ2v) is 4.75. The average Bonchev–Trinajstić information content (AvgIpc) is 2.47. The van der Waals surface area contributed by atoms with Crippen LogP contribution in [0.2, 0.25) is 0 Å². The van der Waals surface area contributed by atoms with E-state index in [1.54, 1.807) is 6.07 Å². The molecule has 0 bridgehead atoms. The van der Waals surface area contributed by atoms with E-state index in [4.69, 9.17) is 0 Å². The molecule has 90 valence electrons. The minimum Gasteiger partial charge on any atom is -0.206 e. The molecule has 0 N–H and O–H groups in total. The van der Waals surface area contributed by atoms with Crippen LogP contribution in [0.15, 0.2) is 66.7 Å². The highest BCUT2D eigenvalue weighted by atomic mass is 19.1. The third-order valence-electron chi connectivity index (χ3n) is 3.72. The van der Waals surface area contributed by atoms with Gasteiger partial charge in [-0.05, 0) is 33.0 Å². The van der Waals surface area contributed by atoms with Crippen molar-refractivity contribution in [1.82, 2.24) is 0 Å². The van der Waals surface area contributed by atoms with Crippen LogP contribution in [0.5, 0.6) is 0 Å². The molecule has 4 rings (SSSR count). The smallest absolute Gasteiger partial charge is 0.131 e. The van der Waals surface area contributed by atoms with Crippen molar-refractivity contribution in [3.05, 3.63) is 72.5 Å². The molecule has 0 amide bonds. The van der Waals surface area contributed by atoms with Crippen LogP contribution in [-0.2, 0) is 0 Å². The summed E-state index contributed by atoms with van der Waals surface area (Å²) in [5.41, 5.74) is 0. The maximum atomic E-state index is 14.2. The molecule has 0 heterocycles. The number of halogens is 1. The maximum Gasteiger partial charge on any atom is 0.131 e. The van der Waals surface area contributed by atoms with Crippen LogP contribution in [-0.4, -0.2) is 0 Å². The Morgan fingerprint density at radius 1 is 0.474 bits per heavy atom. The normalized spacial score (nSPS) is 11.4. The Hall–Kier alpha value is -2.41. The summed E-state index contributed by atoms with van der Waals surface area (Å²) in [4.78, 5) is 0. The van der Waals surface area contributed by atoms with Crippen molar-refractivity contribution >= 4 is 32.3 Å². The summed E-state index contributed by atoms with van der Waals surface area (Å²) in [5.74, 6) is -0.153. The molecule has 4 aromatic carbocycles. The van der Waals surface area contributed by atoms with E-state index < -0.39 is 0 Å². The largest absolute Gasteiger partial charge is 0.206 e. The lowest BCUT2D eigenvalue weighted by molar-refractivity contribution is 0.641. The van der Waals surface area contributed by atoms with Gasteiger partial charge in [-0.1, -0.05) is 60.7 Å². The van der Waals surface area contributed by atoms with Crippen molar-refractivity contribution < 1.29 is 4.39 Å². The zero-order chi connectivity index (χ0) is 12.8. The topological polar surface area (TPSA) is 0 Å². The quantitative estimate of drug-likeness (QED) is 0.370. The van der Waals surface area contributed by atoms with Crippen LogP contribution in [0.3, 0.4) is 0 Å². The summed E-state index contributed by atoms with van der Waals surface area (Å²) in [5, 5.41) is 6.07. The standard InChI is InChI=1S/C18H11F/c19-17-11-5-10-16-14-7-2-1-6-12(14)13-8-3-4-9-15(13)18(16)17/h1-11H. The molecule has 0 spiro atoms.